The number of aliphatic carboxylic acids is 1. The molecule has 3 aliphatic rings. The number of carbonyl (C=O) groups excluding carboxylic acids is 1. The van der Waals surface area contributed by atoms with E-state index >= 15 is 0 Å². The number of rotatable bonds is 3. The molecule has 2 aliphatic heterocycles. The number of carboxylic acid groups (broad SMARTS) is 1. The van der Waals surface area contributed by atoms with Crippen LogP contribution in [0.15, 0.2) is 12.3 Å². The Hall–Kier alpha value is -2.10. The topological polar surface area (TPSA) is 78.7 Å². The van der Waals surface area contributed by atoms with Crippen LogP contribution in [-0.4, -0.2) is 67.9 Å². The highest BCUT2D eigenvalue weighted by molar-refractivity contribution is 5.81. The van der Waals surface area contributed by atoms with Gasteiger partial charge in [0.1, 0.15) is 0 Å². The van der Waals surface area contributed by atoms with Gasteiger partial charge in [0.25, 0.3) is 0 Å². The quantitative estimate of drug-likeness (QED) is 0.819. The molecule has 0 atom stereocenters. The van der Waals surface area contributed by atoms with Crippen LogP contribution in [0.2, 0.25) is 0 Å². The average molecular weight is 416 g/mol. The summed E-state index contributed by atoms with van der Waals surface area (Å²) in [5.41, 5.74) is 1.48. The second kappa shape index (κ2) is 8.33. The number of carbonyl (C=O) groups is 2. The molecule has 10 heteroatoms. The van der Waals surface area contributed by atoms with Crippen LogP contribution in [0.4, 0.5) is 13.2 Å². The maximum absolute atomic E-state index is 12.2. The van der Waals surface area contributed by atoms with Gasteiger partial charge in [-0.3, -0.25) is 14.4 Å². The summed E-state index contributed by atoms with van der Waals surface area (Å²) in [5.74, 6) is -1.97. The molecule has 29 heavy (non-hydrogen) atoms. The molecular formula is C19H27F3N4O3. The van der Waals surface area contributed by atoms with Gasteiger partial charge in [0.2, 0.25) is 5.91 Å². The Morgan fingerprint density at radius 3 is 2.31 bits per heavy atom. The zero-order chi connectivity index (χ0) is 21.2. The molecular weight excluding hydrogens is 389 g/mol. The van der Waals surface area contributed by atoms with Crippen molar-refractivity contribution >= 4 is 11.9 Å². The molecule has 3 heterocycles. The fourth-order valence-electron chi connectivity index (χ4n) is 4.28. The van der Waals surface area contributed by atoms with Gasteiger partial charge >= 0.3 is 12.1 Å². The van der Waals surface area contributed by atoms with Crippen molar-refractivity contribution in [1.82, 2.24) is 19.6 Å². The van der Waals surface area contributed by atoms with Gasteiger partial charge in [-0.2, -0.15) is 18.3 Å². The first-order valence-corrected chi connectivity index (χ1v) is 9.93. The molecule has 2 saturated heterocycles. The van der Waals surface area contributed by atoms with E-state index in [9.17, 15) is 18.0 Å². The minimum absolute atomic E-state index is 0.317. The smallest absolute Gasteiger partial charge is 0.475 e. The minimum atomic E-state index is -5.08. The molecule has 7 nitrogen and oxygen atoms in total. The van der Waals surface area contributed by atoms with E-state index in [1.807, 2.05) is 17.9 Å². The molecule has 1 aromatic heterocycles. The molecule has 1 spiro atoms. The fourth-order valence-corrected chi connectivity index (χ4v) is 4.28. The summed E-state index contributed by atoms with van der Waals surface area (Å²) in [6.45, 7) is 4.03. The number of amides is 1. The Bertz CT molecular complexity index is 737. The highest BCUT2D eigenvalue weighted by Gasteiger charge is 2.45. The number of carboxylic acids is 1. The van der Waals surface area contributed by atoms with Gasteiger partial charge in [-0.1, -0.05) is 0 Å². The van der Waals surface area contributed by atoms with E-state index in [1.54, 1.807) is 0 Å². The second-order valence-corrected chi connectivity index (χ2v) is 8.13. The van der Waals surface area contributed by atoms with Crippen LogP contribution in [0, 0.1) is 5.92 Å². The van der Waals surface area contributed by atoms with Crippen molar-refractivity contribution < 1.29 is 27.9 Å². The maximum Gasteiger partial charge on any atom is 0.490 e. The normalized spacial score (nSPS) is 21.7. The maximum atomic E-state index is 12.2. The van der Waals surface area contributed by atoms with Crippen LogP contribution in [0.1, 0.15) is 44.2 Å². The van der Waals surface area contributed by atoms with Crippen molar-refractivity contribution in [3.05, 3.63) is 18.0 Å². The molecule has 3 fully saturated rings. The first kappa shape index (κ1) is 21.6. The Labute approximate surface area is 167 Å². The van der Waals surface area contributed by atoms with Gasteiger partial charge in [-0.15, -0.1) is 0 Å². The first-order valence-electron chi connectivity index (χ1n) is 9.93. The zero-order valence-corrected chi connectivity index (χ0v) is 16.5. The van der Waals surface area contributed by atoms with E-state index in [2.05, 4.69) is 21.0 Å². The summed E-state index contributed by atoms with van der Waals surface area (Å²) in [4.78, 5) is 25.9. The average Bonchev–Trinajstić information content (AvgIpc) is 3.33. The highest BCUT2D eigenvalue weighted by atomic mass is 19.4. The molecule has 0 aromatic carbocycles. The molecule has 1 N–H and O–H groups in total. The van der Waals surface area contributed by atoms with Crippen LogP contribution in [-0.2, 0) is 23.2 Å². The Morgan fingerprint density at radius 1 is 1.21 bits per heavy atom. The Balaban J connectivity index is 0.000000298. The van der Waals surface area contributed by atoms with Gasteiger partial charge in [0.05, 0.1) is 5.69 Å². The summed E-state index contributed by atoms with van der Waals surface area (Å²) in [5, 5.41) is 11.7. The lowest BCUT2D eigenvalue weighted by molar-refractivity contribution is -0.192. The molecule has 0 radical (unpaired) electrons. The number of hydrogen-bond donors (Lipinski definition) is 1. The van der Waals surface area contributed by atoms with Gasteiger partial charge < -0.3 is 10.0 Å². The molecule has 1 aliphatic carbocycles. The third-order valence-electron chi connectivity index (χ3n) is 6.04. The minimum Gasteiger partial charge on any atom is -0.475 e. The lowest BCUT2D eigenvalue weighted by Crippen LogP contribution is -2.53. The van der Waals surface area contributed by atoms with Crippen molar-refractivity contribution in [3.63, 3.8) is 0 Å². The number of aromatic nitrogens is 2. The predicted molar refractivity (Wildman–Crippen MR) is 97.8 cm³/mol. The number of aryl methyl sites for hydroxylation is 1. The SMILES string of the molecule is Cn1ccc(CN2CCCC23CCN(C(=O)C2CC2)CC3)n1.O=C(O)C(F)(F)F. The van der Waals surface area contributed by atoms with Crippen LogP contribution >= 0.6 is 0 Å². The van der Waals surface area contributed by atoms with E-state index in [0.29, 0.717) is 17.4 Å². The standard InChI is InChI=1S/C17H26N4O.C2HF3O2/c1-19-10-5-15(18-19)13-21-9-2-6-17(21)7-11-20(12-8-17)16(22)14-3-4-14;3-2(4,5)1(6)7/h5,10,14H,2-4,6-9,11-13H2,1H3;(H,6,7). The first-order chi connectivity index (χ1) is 13.6. The lowest BCUT2D eigenvalue weighted by Gasteiger charge is -2.45. The number of halogens is 3. The number of hydrogen-bond acceptors (Lipinski definition) is 4. The molecule has 4 rings (SSSR count). The second-order valence-electron chi connectivity index (χ2n) is 8.13. The summed E-state index contributed by atoms with van der Waals surface area (Å²) >= 11 is 0. The zero-order valence-electron chi connectivity index (χ0n) is 16.5. The van der Waals surface area contributed by atoms with Crippen LogP contribution in [0.5, 0.6) is 0 Å². The predicted octanol–water partition coefficient (Wildman–Crippen LogP) is 2.42. The van der Waals surface area contributed by atoms with E-state index in [1.165, 1.54) is 25.1 Å². The van der Waals surface area contributed by atoms with Crippen molar-refractivity contribution in [1.29, 1.82) is 0 Å². The van der Waals surface area contributed by atoms with Gasteiger partial charge in [-0.25, -0.2) is 4.79 Å². The highest BCUT2D eigenvalue weighted by Crippen LogP contribution is 2.40. The van der Waals surface area contributed by atoms with Crippen LogP contribution in [0.3, 0.4) is 0 Å². The molecule has 0 unspecified atom stereocenters. The molecule has 162 valence electrons. The summed E-state index contributed by atoms with van der Waals surface area (Å²) in [6, 6.07) is 2.12. The fraction of sp³-hybridized carbons (Fsp3) is 0.737. The Kier molecular flexibility index (Phi) is 6.21. The van der Waals surface area contributed by atoms with Crippen molar-refractivity contribution in [2.24, 2.45) is 13.0 Å². The number of alkyl halides is 3. The molecule has 1 aromatic rings. The van der Waals surface area contributed by atoms with Gasteiger partial charge in [-0.05, 0) is 51.1 Å². The summed E-state index contributed by atoms with van der Waals surface area (Å²) < 4.78 is 33.6. The summed E-state index contributed by atoms with van der Waals surface area (Å²) in [7, 11) is 1.98. The van der Waals surface area contributed by atoms with Crippen molar-refractivity contribution in [3.8, 4) is 0 Å². The monoisotopic (exact) mass is 416 g/mol. The van der Waals surface area contributed by atoms with E-state index in [4.69, 9.17) is 9.90 Å². The van der Waals surface area contributed by atoms with E-state index in [0.717, 1.165) is 45.3 Å². The number of piperidine rings is 1. The van der Waals surface area contributed by atoms with E-state index in [-0.39, 0.29) is 0 Å². The third kappa shape index (κ3) is 5.29. The van der Waals surface area contributed by atoms with Gasteiger partial charge in [0.15, 0.2) is 0 Å². The molecule has 1 saturated carbocycles. The summed E-state index contributed by atoms with van der Waals surface area (Å²) in [6.07, 6.45) is 4.01. The largest absolute Gasteiger partial charge is 0.490 e. The van der Waals surface area contributed by atoms with Crippen molar-refractivity contribution in [2.45, 2.75) is 56.8 Å². The van der Waals surface area contributed by atoms with E-state index < -0.39 is 12.1 Å². The lowest BCUT2D eigenvalue weighted by atomic mass is 9.84. The van der Waals surface area contributed by atoms with Crippen LogP contribution in [0.25, 0.3) is 0 Å². The number of likely N-dealkylation sites (tertiary alicyclic amines) is 2. The van der Waals surface area contributed by atoms with Crippen molar-refractivity contribution in [2.75, 3.05) is 19.6 Å². The Morgan fingerprint density at radius 2 is 1.83 bits per heavy atom. The van der Waals surface area contributed by atoms with Gasteiger partial charge in [0, 0.05) is 44.3 Å². The third-order valence-corrected chi connectivity index (χ3v) is 6.04. The molecule has 1 amide bonds. The molecule has 0 bridgehead atoms. The van der Waals surface area contributed by atoms with Crippen LogP contribution < -0.4 is 0 Å². The number of nitrogens with zero attached hydrogens (tertiary/aromatic N) is 4.